The van der Waals surface area contributed by atoms with E-state index in [1.165, 1.54) is 12.8 Å². The molecule has 0 aromatic heterocycles. The number of urea groups is 1. The minimum absolute atomic E-state index is 0.0429. The van der Waals surface area contributed by atoms with Gasteiger partial charge in [-0.05, 0) is 25.7 Å². The molecule has 15 heavy (non-hydrogen) atoms. The fraction of sp³-hybridized carbons (Fsp3) is 0.909. The maximum absolute atomic E-state index is 11.5. The Hall–Kier alpha value is -0.770. The van der Waals surface area contributed by atoms with Gasteiger partial charge in [-0.3, -0.25) is 0 Å². The minimum Gasteiger partial charge on any atom is -0.379 e. The van der Waals surface area contributed by atoms with Gasteiger partial charge in [0.05, 0.1) is 12.6 Å². The third kappa shape index (κ3) is 3.70. The van der Waals surface area contributed by atoms with Gasteiger partial charge in [0, 0.05) is 12.6 Å². The van der Waals surface area contributed by atoms with Gasteiger partial charge in [-0.2, -0.15) is 0 Å². The molecule has 0 radical (unpaired) electrons. The summed E-state index contributed by atoms with van der Waals surface area (Å²) in [5.74, 6) is 0.857. The van der Waals surface area contributed by atoms with E-state index in [9.17, 15) is 4.79 Å². The predicted octanol–water partition coefficient (Wildman–Crippen LogP) is 1.26. The molecule has 0 aromatic rings. The van der Waals surface area contributed by atoms with Gasteiger partial charge < -0.3 is 15.4 Å². The highest BCUT2D eigenvalue weighted by Crippen LogP contribution is 2.33. The molecular weight excluding hydrogens is 192 g/mol. The molecule has 1 aliphatic carbocycles. The van der Waals surface area contributed by atoms with Gasteiger partial charge in [0.15, 0.2) is 0 Å². The number of carbonyl (C=O) groups excluding carboxylic acids is 1. The van der Waals surface area contributed by atoms with Crippen LogP contribution in [0.1, 0.15) is 32.6 Å². The monoisotopic (exact) mass is 212 g/mol. The van der Waals surface area contributed by atoms with Crippen molar-refractivity contribution in [3.63, 3.8) is 0 Å². The second-order valence-electron chi connectivity index (χ2n) is 4.76. The number of rotatable bonds is 4. The van der Waals surface area contributed by atoms with E-state index in [1.807, 2.05) is 0 Å². The smallest absolute Gasteiger partial charge is 0.315 e. The van der Waals surface area contributed by atoms with Crippen LogP contribution in [-0.2, 0) is 4.74 Å². The normalized spacial score (nSPS) is 27.4. The van der Waals surface area contributed by atoms with Gasteiger partial charge in [-0.1, -0.05) is 12.8 Å². The number of carbonyl (C=O) groups is 1. The Morgan fingerprint density at radius 2 is 2.27 bits per heavy atom. The number of nitrogens with one attached hydrogen (secondary N) is 2. The van der Waals surface area contributed by atoms with Gasteiger partial charge in [-0.25, -0.2) is 4.79 Å². The largest absolute Gasteiger partial charge is 0.379 e. The van der Waals surface area contributed by atoms with Crippen molar-refractivity contribution in [2.24, 2.45) is 5.92 Å². The van der Waals surface area contributed by atoms with E-state index in [2.05, 4.69) is 17.6 Å². The Kier molecular flexibility index (Phi) is 3.46. The predicted molar refractivity (Wildman–Crippen MR) is 57.7 cm³/mol. The molecule has 2 atom stereocenters. The lowest BCUT2D eigenvalue weighted by atomic mass is 10.2. The molecule has 2 amide bonds. The van der Waals surface area contributed by atoms with Crippen molar-refractivity contribution in [3.05, 3.63) is 0 Å². The van der Waals surface area contributed by atoms with E-state index < -0.39 is 0 Å². The first kappa shape index (κ1) is 10.7. The molecule has 2 unspecified atom stereocenters. The van der Waals surface area contributed by atoms with Gasteiger partial charge in [-0.15, -0.1) is 0 Å². The molecule has 0 spiro atoms. The lowest BCUT2D eigenvalue weighted by Crippen LogP contribution is -2.45. The summed E-state index contributed by atoms with van der Waals surface area (Å²) in [6.07, 6.45) is 4.73. The van der Waals surface area contributed by atoms with Gasteiger partial charge in [0.25, 0.3) is 0 Å². The molecule has 2 rings (SSSR count). The van der Waals surface area contributed by atoms with Gasteiger partial charge in [0.2, 0.25) is 0 Å². The first-order valence-corrected chi connectivity index (χ1v) is 5.89. The maximum Gasteiger partial charge on any atom is 0.315 e. The van der Waals surface area contributed by atoms with Crippen LogP contribution in [0.2, 0.25) is 0 Å². The summed E-state index contributed by atoms with van der Waals surface area (Å²) in [5, 5.41) is 5.90. The summed E-state index contributed by atoms with van der Waals surface area (Å²) in [6.45, 7) is 3.50. The Bertz CT molecular complexity index is 223. The Morgan fingerprint density at radius 1 is 1.47 bits per heavy atom. The standard InChI is InChI=1S/C11H20N2O2/c1-8(6-9-2-3-9)12-11(14)13-10-4-5-15-7-10/h8-10H,2-7H2,1H3,(H2,12,13,14). The zero-order valence-corrected chi connectivity index (χ0v) is 9.29. The average molecular weight is 212 g/mol. The molecule has 4 nitrogen and oxygen atoms in total. The highest BCUT2D eigenvalue weighted by Gasteiger charge is 2.25. The van der Waals surface area contributed by atoms with Crippen LogP contribution in [-0.4, -0.2) is 31.3 Å². The number of hydrogen-bond donors (Lipinski definition) is 2. The number of amides is 2. The molecule has 86 valence electrons. The summed E-state index contributed by atoms with van der Waals surface area (Å²) in [7, 11) is 0. The lowest BCUT2D eigenvalue weighted by molar-refractivity contribution is 0.188. The van der Waals surface area contributed by atoms with E-state index in [1.54, 1.807) is 0 Å². The van der Waals surface area contributed by atoms with Gasteiger partial charge >= 0.3 is 6.03 Å². The van der Waals surface area contributed by atoms with E-state index >= 15 is 0 Å². The van der Waals surface area contributed by atoms with Crippen molar-refractivity contribution in [3.8, 4) is 0 Å². The fourth-order valence-corrected chi connectivity index (χ4v) is 2.01. The molecule has 2 fully saturated rings. The summed E-state index contributed by atoms with van der Waals surface area (Å²) >= 11 is 0. The lowest BCUT2D eigenvalue weighted by Gasteiger charge is -2.16. The molecule has 1 heterocycles. The van der Waals surface area contributed by atoms with E-state index in [4.69, 9.17) is 4.74 Å². The van der Waals surface area contributed by atoms with Gasteiger partial charge in [0.1, 0.15) is 0 Å². The van der Waals surface area contributed by atoms with Crippen molar-refractivity contribution < 1.29 is 9.53 Å². The van der Waals surface area contributed by atoms with E-state index in [0.29, 0.717) is 12.6 Å². The number of hydrogen-bond acceptors (Lipinski definition) is 2. The third-order valence-electron chi connectivity index (χ3n) is 3.03. The second kappa shape index (κ2) is 4.84. The summed E-state index contributed by atoms with van der Waals surface area (Å²) < 4.78 is 5.20. The molecule has 1 saturated carbocycles. The highest BCUT2D eigenvalue weighted by molar-refractivity contribution is 5.74. The topological polar surface area (TPSA) is 50.4 Å². The molecular formula is C11H20N2O2. The SMILES string of the molecule is CC(CC1CC1)NC(=O)NC1CCOC1. The Morgan fingerprint density at radius 3 is 2.87 bits per heavy atom. The van der Waals surface area contributed by atoms with Crippen molar-refractivity contribution in [1.29, 1.82) is 0 Å². The maximum atomic E-state index is 11.5. The fourth-order valence-electron chi connectivity index (χ4n) is 2.01. The van der Waals surface area contributed by atoms with Crippen LogP contribution in [0.3, 0.4) is 0 Å². The van der Waals surface area contributed by atoms with Crippen LogP contribution in [0, 0.1) is 5.92 Å². The first-order chi connectivity index (χ1) is 7.24. The second-order valence-corrected chi connectivity index (χ2v) is 4.76. The molecule has 2 N–H and O–H groups in total. The van der Waals surface area contributed by atoms with Crippen molar-refractivity contribution in [1.82, 2.24) is 10.6 Å². The summed E-state index contributed by atoms with van der Waals surface area (Å²) in [5.41, 5.74) is 0. The summed E-state index contributed by atoms with van der Waals surface area (Å²) in [4.78, 5) is 11.5. The minimum atomic E-state index is -0.0429. The van der Waals surface area contributed by atoms with Crippen LogP contribution in [0.15, 0.2) is 0 Å². The zero-order valence-electron chi connectivity index (χ0n) is 9.29. The van der Waals surface area contributed by atoms with Crippen molar-refractivity contribution >= 4 is 6.03 Å². The van der Waals surface area contributed by atoms with Crippen LogP contribution < -0.4 is 10.6 Å². The van der Waals surface area contributed by atoms with Crippen LogP contribution in [0.25, 0.3) is 0 Å². The first-order valence-electron chi connectivity index (χ1n) is 5.89. The zero-order chi connectivity index (χ0) is 10.7. The van der Waals surface area contributed by atoms with Crippen LogP contribution in [0.5, 0.6) is 0 Å². The Balaban J connectivity index is 1.61. The van der Waals surface area contributed by atoms with Crippen LogP contribution >= 0.6 is 0 Å². The van der Waals surface area contributed by atoms with Crippen molar-refractivity contribution in [2.75, 3.05) is 13.2 Å². The highest BCUT2D eigenvalue weighted by atomic mass is 16.5. The molecule has 0 bridgehead atoms. The number of ether oxygens (including phenoxy) is 1. The van der Waals surface area contributed by atoms with Crippen molar-refractivity contribution in [2.45, 2.75) is 44.7 Å². The average Bonchev–Trinajstić information content (AvgIpc) is 2.80. The quantitative estimate of drug-likeness (QED) is 0.737. The van der Waals surface area contributed by atoms with E-state index in [-0.39, 0.29) is 12.1 Å². The molecule has 0 aromatic carbocycles. The Labute approximate surface area is 90.8 Å². The van der Waals surface area contributed by atoms with Crippen LogP contribution in [0.4, 0.5) is 4.79 Å². The molecule has 1 aliphatic heterocycles. The molecule has 4 heteroatoms. The molecule has 1 saturated heterocycles. The third-order valence-corrected chi connectivity index (χ3v) is 3.03. The molecule has 2 aliphatic rings. The van der Waals surface area contributed by atoms with E-state index in [0.717, 1.165) is 25.4 Å². The summed E-state index contributed by atoms with van der Waals surface area (Å²) in [6, 6.07) is 0.455.